The number of hydrogen-bond acceptors (Lipinski definition) is 2. The van der Waals surface area contributed by atoms with Crippen LogP contribution in [0, 0.1) is 0 Å². The molecular weight excluding hydrogens is 212 g/mol. The molecule has 0 aromatic carbocycles. The molecule has 1 heterocycles. The van der Waals surface area contributed by atoms with Gasteiger partial charge in [0.25, 0.3) is 0 Å². The number of fused-ring (bicyclic) bond motifs is 1. The first-order chi connectivity index (χ1) is 8.02. The lowest BCUT2D eigenvalue weighted by atomic mass is 9.92. The lowest BCUT2D eigenvalue weighted by Gasteiger charge is -2.22. The van der Waals surface area contributed by atoms with Crippen LogP contribution in [-0.2, 0) is 17.7 Å². The summed E-state index contributed by atoms with van der Waals surface area (Å²) in [5, 5.41) is 0. The Kier molecular flexibility index (Phi) is 3.59. The average molecular weight is 236 g/mol. The van der Waals surface area contributed by atoms with E-state index in [1.165, 1.54) is 24.0 Å². The van der Waals surface area contributed by atoms with Gasteiger partial charge in [-0.05, 0) is 50.7 Å². The monoisotopic (exact) mass is 236 g/mol. The van der Waals surface area contributed by atoms with E-state index in [0.29, 0.717) is 0 Å². The van der Waals surface area contributed by atoms with Crippen molar-refractivity contribution >= 4 is 0 Å². The van der Waals surface area contributed by atoms with Gasteiger partial charge in [-0.1, -0.05) is 0 Å². The summed E-state index contributed by atoms with van der Waals surface area (Å²) < 4.78 is 7.72. The number of hydrogen-bond donors (Lipinski definition) is 1. The van der Waals surface area contributed by atoms with E-state index in [1.807, 2.05) is 0 Å². The van der Waals surface area contributed by atoms with Crippen molar-refractivity contribution in [2.24, 2.45) is 5.73 Å². The van der Waals surface area contributed by atoms with Gasteiger partial charge in [-0.15, -0.1) is 0 Å². The second kappa shape index (κ2) is 4.83. The van der Waals surface area contributed by atoms with Crippen LogP contribution >= 0.6 is 0 Å². The van der Waals surface area contributed by atoms with E-state index in [4.69, 9.17) is 10.5 Å². The van der Waals surface area contributed by atoms with Crippen molar-refractivity contribution in [2.75, 3.05) is 7.11 Å². The highest BCUT2D eigenvalue weighted by atomic mass is 16.5. The summed E-state index contributed by atoms with van der Waals surface area (Å²) in [7, 11) is 1.77. The third kappa shape index (κ3) is 2.90. The maximum atomic E-state index is 6.13. The zero-order chi connectivity index (χ0) is 12.5. The highest BCUT2D eigenvalue weighted by molar-refractivity contribution is 5.29. The van der Waals surface area contributed by atoms with Crippen LogP contribution in [0.3, 0.4) is 0 Å². The molecule has 0 radical (unpaired) electrons. The van der Waals surface area contributed by atoms with Crippen LogP contribution in [-0.4, -0.2) is 17.3 Å². The van der Waals surface area contributed by atoms with E-state index in [9.17, 15) is 0 Å². The average Bonchev–Trinajstić information content (AvgIpc) is 2.71. The molecular formula is C14H24N2O. The fourth-order valence-electron chi connectivity index (χ4n) is 2.41. The Morgan fingerprint density at radius 1 is 1.47 bits per heavy atom. The van der Waals surface area contributed by atoms with Crippen LogP contribution in [0.5, 0.6) is 0 Å². The molecule has 96 valence electrons. The first-order valence-electron chi connectivity index (χ1n) is 6.51. The van der Waals surface area contributed by atoms with Gasteiger partial charge in [-0.3, -0.25) is 0 Å². The van der Waals surface area contributed by atoms with E-state index in [2.05, 4.69) is 30.8 Å². The summed E-state index contributed by atoms with van der Waals surface area (Å²) in [6, 6.07) is 0.246. The van der Waals surface area contributed by atoms with Crippen LogP contribution in [0.1, 0.15) is 50.3 Å². The molecule has 3 heteroatoms. The third-order valence-electron chi connectivity index (χ3n) is 3.88. The van der Waals surface area contributed by atoms with Gasteiger partial charge in [0.05, 0.1) is 5.60 Å². The van der Waals surface area contributed by atoms with Crippen molar-refractivity contribution in [3.8, 4) is 0 Å². The molecule has 0 spiro atoms. The highest BCUT2D eigenvalue weighted by Gasteiger charge is 2.20. The minimum atomic E-state index is -0.0487. The molecule has 0 fully saturated rings. The zero-order valence-electron chi connectivity index (χ0n) is 11.2. The molecule has 0 saturated carbocycles. The van der Waals surface area contributed by atoms with Gasteiger partial charge in [0.1, 0.15) is 0 Å². The van der Waals surface area contributed by atoms with Crippen molar-refractivity contribution < 1.29 is 4.74 Å². The van der Waals surface area contributed by atoms with Crippen molar-refractivity contribution in [1.29, 1.82) is 0 Å². The predicted octanol–water partition coefficient (Wildman–Crippen LogP) is 2.64. The summed E-state index contributed by atoms with van der Waals surface area (Å²) in [5.41, 5.74) is 8.88. The maximum Gasteiger partial charge on any atom is 0.0639 e. The number of rotatable bonds is 4. The Bertz CT molecular complexity index is 382. The SMILES string of the molecule is COC(C)(C)CCn1cc2c(c1)C(N)CCC2. The van der Waals surface area contributed by atoms with Crippen molar-refractivity contribution in [3.05, 3.63) is 23.5 Å². The smallest absolute Gasteiger partial charge is 0.0639 e. The van der Waals surface area contributed by atoms with E-state index in [1.54, 1.807) is 7.11 Å². The van der Waals surface area contributed by atoms with Gasteiger partial charge in [0.15, 0.2) is 0 Å². The summed E-state index contributed by atoms with van der Waals surface area (Å²) in [6.45, 7) is 5.25. The fourth-order valence-corrected chi connectivity index (χ4v) is 2.41. The molecule has 1 atom stereocenters. The van der Waals surface area contributed by atoms with E-state index >= 15 is 0 Å². The van der Waals surface area contributed by atoms with Crippen LogP contribution in [0.2, 0.25) is 0 Å². The van der Waals surface area contributed by atoms with Gasteiger partial charge in [0.2, 0.25) is 0 Å². The van der Waals surface area contributed by atoms with Gasteiger partial charge < -0.3 is 15.0 Å². The number of ether oxygens (including phenoxy) is 1. The molecule has 1 aliphatic rings. The minimum Gasteiger partial charge on any atom is -0.379 e. The normalized spacial score (nSPS) is 20.4. The molecule has 3 nitrogen and oxygen atoms in total. The van der Waals surface area contributed by atoms with Gasteiger partial charge >= 0.3 is 0 Å². The minimum absolute atomic E-state index is 0.0487. The highest BCUT2D eigenvalue weighted by Crippen LogP contribution is 2.29. The Hall–Kier alpha value is -0.800. The molecule has 1 aliphatic carbocycles. The first kappa shape index (κ1) is 12.7. The number of methoxy groups -OCH3 is 1. The van der Waals surface area contributed by atoms with Gasteiger partial charge in [-0.25, -0.2) is 0 Å². The number of nitrogens with two attached hydrogens (primary N) is 1. The van der Waals surface area contributed by atoms with Gasteiger partial charge in [0, 0.05) is 32.1 Å². The molecule has 0 saturated heterocycles. The lowest BCUT2D eigenvalue weighted by molar-refractivity contribution is 0.0120. The second-order valence-electron chi connectivity index (χ2n) is 5.69. The summed E-state index contributed by atoms with van der Waals surface area (Å²) >= 11 is 0. The summed E-state index contributed by atoms with van der Waals surface area (Å²) in [6.07, 6.45) is 9.04. The van der Waals surface area contributed by atoms with Crippen LogP contribution in [0.15, 0.2) is 12.4 Å². The Morgan fingerprint density at radius 2 is 2.24 bits per heavy atom. The molecule has 17 heavy (non-hydrogen) atoms. The lowest BCUT2D eigenvalue weighted by Crippen LogP contribution is -2.24. The van der Waals surface area contributed by atoms with E-state index in [0.717, 1.165) is 19.4 Å². The van der Waals surface area contributed by atoms with Gasteiger partial charge in [-0.2, -0.15) is 0 Å². The predicted molar refractivity (Wildman–Crippen MR) is 70.0 cm³/mol. The van der Waals surface area contributed by atoms with E-state index in [-0.39, 0.29) is 11.6 Å². The Balaban J connectivity index is 2.03. The topological polar surface area (TPSA) is 40.2 Å². The summed E-state index contributed by atoms with van der Waals surface area (Å²) in [4.78, 5) is 0. The molecule has 1 aromatic heterocycles. The largest absolute Gasteiger partial charge is 0.379 e. The van der Waals surface area contributed by atoms with Crippen LogP contribution in [0.25, 0.3) is 0 Å². The van der Waals surface area contributed by atoms with Crippen LogP contribution < -0.4 is 5.73 Å². The fraction of sp³-hybridized carbons (Fsp3) is 0.714. The van der Waals surface area contributed by atoms with Crippen LogP contribution in [0.4, 0.5) is 0 Å². The quantitative estimate of drug-likeness (QED) is 0.873. The standard InChI is InChI=1S/C14H24N2O/c1-14(2,17-3)7-8-16-9-11-5-4-6-13(15)12(11)10-16/h9-10,13H,4-8,15H2,1-3H3. The maximum absolute atomic E-state index is 6.13. The van der Waals surface area contributed by atoms with Crippen molar-refractivity contribution in [2.45, 2.75) is 57.7 Å². The molecule has 0 bridgehead atoms. The Morgan fingerprint density at radius 3 is 2.88 bits per heavy atom. The number of nitrogens with zero attached hydrogens (tertiary/aromatic N) is 1. The van der Waals surface area contributed by atoms with E-state index < -0.39 is 0 Å². The zero-order valence-corrected chi connectivity index (χ0v) is 11.2. The molecule has 2 rings (SSSR count). The molecule has 0 amide bonds. The number of aromatic nitrogens is 1. The molecule has 1 aromatic rings. The molecule has 2 N–H and O–H groups in total. The first-order valence-corrected chi connectivity index (χ1v) is 6.51. The number of aryl methyl sites for hydroxylation is 2. The summed E-state index contributed by atoms with van der Waals surface area (Å²) in [5.74, 6) is 0. The molecule has 1 unspecified atom stereocenters. The second-order valence-corrected chi connectivity index (χ2v) is 5.69. The van der Waals surface area contributed by atoms with Crippen molar-refractivity contribution in [3.63, 3.8) is 0 Å². The van der Waals surface area contributed by atoms with Crippen molar-refractivity contribution in [1.82, 2.24) is 4.57 Å². The Labute approximate surface area is 104 Å². The molecule has 0 aliphatic heterocycles. The third-order valence-corrected chi connectivity index (χ3v) is 3.88.